The van der Waals surface area contributed by atoms with Gasteiger partial charge in [0.2, 0.25) is 10.0 Å². The van der Waals surface area contributed by atoms with Crippen LogP contribution in [0.25, 0.3) is 0 Å². The minimum absolute atomic E-state index is 0.0976. The molecule has 0 unspecified atom stereocenters. The predicted octanol–water partition coefficient (Wildman–Crippen LogP) is 0.915. The van der Waals surface area contributed by atoms with Gasteiger partial charge in [-0.05, 0) is 33.6 Å². The third-order valence-electron chi connectivity index (χ3n) is 3.17. The maximum absolute atomic E-state index is 12.6. The summed E-state index contributed by atoms with van der Waals surface area (Å²) in [4.78, 5) is 12.3. The molecular weight excluding hydrogens is 294 g/mol. The van der Waals surface area contributed by atoms with Crippen LogP contribution in [0.4, 0.5) is 0 Å². The molecule has 1 saturated heterocycles. The molecule has 21 heavy (non-hydrogen) atoms. The number of hydrogen-bond acceptors (Lipinski definition) is 5. The molecule has 1 fully saturated rings. The van der Waals surface area contributed by atoms with E-state index < -0.39 is 27.6 Å². The van der Waals surface area contributed by atoms with Crippen molar-refractivity contribution >= 4 is 16.0 Å². The van der Waals surface area contributed by atoms with Gasteiger partial charge < -0.3 is 4.74 Å². The molecular formula is C13H21N3O4S. The van der Waals surface area contributed by atoms with Gasteiger partial charge in [0.05, 0.1) is 6.20 Å². The molecule has 0 saturated carbocycles. The molecule has 1 aromatic heterocycles. The van der Waals surface area contributed by atoms with Crippen molar-refractivity contribution in [2.24, 2.45) is 7.05 Å². The van der Waals surface area contributed by atoms with E-state index in [1.165, 1.54) is 21.4 Å². The summed E-state index contributed by atoms with van der Waals surface area (Å²) in [5.41, 5.74) is -0.636. The first-order valence-electron chi connectivity index (χ1n) is 6.84. The molecule has 2 rings (SSSR count). The van der Waals surface area contributed by atoms with E-state index >= 15 is 0 Å². The highest BCUT2D eigenvalue weighted by Gasteiger charge is 2.41. The van der Waals surface area contributed by atoms with Crippen molar-refractivity contribution in [2.75, 3.05) is 6.54 Å². The Morgan fingerprint density at radius 3 is 2.62 bits per heavy atom. The summed E-state index contributed by atoms with van der Waals surface area (Å²) in [5.74, 6) is -0.493. The van der Waals surface area contributed by atoms with Gasteiger partial charge in [0.15, 0.2) is 0 Å². The Balaban J connectivity index is 2.24. The van der Waals surface area contributed by atoms with Gasteiger partial charge in [0, 0.05) is 19.8 Å². The van der Waals surface area contributed by atoms with E-state index in [-0.39, 0.29) is 4.90 Å². The van der Waals surface area contributed by atoms with E-state index in [1.54, 1.807) is 27.8 Å². The van der Waals surface area contributed by atoms with E-state index in [2.05, 4.69) is 5.10 Å². The molecule has 1 aliphatic heterocycles. The van der Waals surface area contributed by atoms with Crippen molar-refractivity contribution in [3.8, 4) is 0 Å². The van der Waals surface area contributed by atoms with Crippen molar-refractivity contribution in [3.05, 3.63) is 12.4 Å². The van der Waals surface area contributed by atoms with Crippen LogP contribution in [0.5, 0.6) is 0 Å². The molecule has 0 aliphatic carbocycles. The highest BCUT2D eigenvalue weighted by Crippen LogP contribution is 2.27. The normalized spacial score (nSPS) is 20.7. The van der Waals surface area contributed by atoms with Crippen LogP contribution in [0.3, 0.4) is 0 Å². The number of ether oxygens (including phenoxy) is 1. The second-order valence-corrected chi connectivity index (χ2v) is 8.05. The van der Waals surface area contributed by atoms with Gasteiger partial charge in [0.25, 0.3) is 0 Å². The van der Waals surface area contributed by atoms with Gasteiger partial charge >= 0.3 is 5.97 Å². The monoisotopic (exact) mass is 315 g/mol. The van der Waals surface area contributed by atoms with Crippen molar-refractivity contribution in [1.82, 2.24) is 14.1 Å². The average molecular weight is 315 g/mol. The van der Waals surface area contributed by atoms with E-state index in [9.17, 15) is 13.2 Å². The number of aromatic nitrogens is 2. The summed E-state index contributed by atoms with van der Waals surface area (Å²) in [7, 11) is -2.07. The van der Waals surface area contributed by atoms with Crippen LogP contribution in [0.2, 0.25) is 0 Å². The Bertz CT molecular complexity index is 630. The Kier molecular flexibility index (Phi) is 4.12. The second kappa shape index (κ2) is 5.42. The van der Waals surface area contributed by atoms with Gasteiger partial charge in [0.1, 0.15) is 16.5 Å². The molecule has 1 aromatic rings. The predicted molar refractivity (Wildman–Crippen MR) is 76.0 cm³/mol. The Hall–Kier alpha value is -1.41. The third kappa shape index (κ3) is 3.44. The lowest BCUT2D eigenvalue weighted by atomic mass is 10.2. The molecule has 0 bridgehead atoms. The van der Waals surface area contributed by atoms with Crippen LogP contribution in [-0.4, -0.2) is 46.7 Å². The van der Waals surface area contributed by atoms with Gasteiger partial charge in [-0.15, -0.1) is 0 Å². The molecule has 8 heteroatoms. The lowest BCUT2D eigenvalue weighted by molar-refractivity contribution is -0.158. The summed E-state index contributed by atoms with van der Waals surface area (Å²) in [6.45, 7) is 5.61. The van der Waals surface area contributed by atoms with Crippen molar-refractivity contribution in [1.29, 1.82) is 0 Å². The quantitative estimate of drug-likeness (QED) is 0.775. The van der Waals surface area contributed by atoms with E-state index in [0.29, 0.717) is 19.4 Å². The number of aryl methyl sites for hydroxylation is 1. The van der Waals surface area contributed by atoms with Crippen LogP contribution < -0.4 is 0 Å². The SMILES string of the molecule is Cn1cc(S(=O)(=O)N2CCC[C@@H]2C(=O)OC(C)(C)C)cn1. The summed E-state index contributed by atoms with van der Waals surface area (Å²) < 4.78 is 33.2. The molecule has 0 N–H and O–H groups in total. The van der Waals surface area contributed by atoms with Gasteiger partial charge in [-0.25, -0.2) is 8.42 Å². The lowest BCUT2D eigenvalue weighted by Crippen LogP contribution is -2.43. The van der Waals surface area contributed by atoms with Crippen molar-refractivity contribution in [2.45, 2.75) is 50.2 Å². The van der Waals surface area contributed by atoms with Crippen LogP contribution in [0, 0.1) is 0 Å². The highest BCUT2D eigenvalue weighted by atomic mass is 32.2. The fraction of sp³-hybridized carbons (Fsp3) is 0.692. The molecule has 118 valence electrons. The Morgan fingerprint density at radius 1 is 1.43 bits per heavy atom. The fourth-order valence-electron chi connectivity index (χ4n) is 2.30. The van der Waals surface area contributed by atoms with Gasteiger partial charge in [-0.1, -0.05) is 0 Å². The number of sulfonamides is 1. The minimum Gasteiger partial charge on any atom is -0.459 e. The van der Waals surface area contributed by atoms with Crippen molar-refractivity contribution in [3.63, 3.8) is 0 Å². The number of hydrogen-bond donors (Lipinski definition) is 0. The number of rotatable bonds is 3. The topological polar surface area (TPSA) is 81.5 Å². The first-order chi connectivity index (χ1) is 9.61. The maximum Gasteiger partial charge on any atom is 0.324 e. The summed E-state index contributed by atoms with van der Waals surface area (Å²) in [5, 5.41) is 3.88. The van der Waals surface area contributed by atoms with Crippen LogP contribution in [0.15, 0.2) is 17.3 Å². The lowest BCUT2D eigenvalue weighted by Gasteiger charge is -2.26. The smallest absolute Gasteiger partial charge is 0.324 e. The fourth-order valence-corrected chi connectivity index (χ4v) is 3.93. The number of carbonyl (C=O) groups excluding carboxylic acids is 1. The Morgan fingerprint density at radius 2 is 2.10 bits per heavy atom. The van der Waals surface area contributed by atoms with Crippen LogP contribution in [0.1, 0.15) is 33.6 Å². The largest absolute Gasteiger partial charge is 0.459 e. The van der Waals surface area contributed by atoms with E-state index in [0.717, 1.165) is 0 Å². The molecule has 7 nitrogen and oxygen atoms in total. The molecule has 1 atom stereocenters. The van der Waals surface area contributed by atoms with Crippen LogP contribution >= 0.6 is 0 Å². The molecule has 0 amide bonds. The molecule has 1 aliphatic rings. The standard InChI is InChI=1S/C13H21N3O4S/c1-13(2,3)20-12(17)11-6-5-7-16(11)21(18,19)10-8-14-15(4)9-10/h8-9,11H,5-7H2,1-4H3/t11-/m1/s1. The van der Waals surface area contributed by atoms with Gasteiger partial charge in [-0.2, -0.15) is 9.40 Å². The van der Waals surface area contributed by atoms with E-state index in [1.807, 2.05) is 0 Å². The minimum atomic E-state index is -3.72. The number of esters is 1. The first kappa shape index (κ1) is 16.0. The maximum atomic E-state index is 12.6. The summed E-state index contributed by atoms with van der Waals surface area (Å²) in [6.07, 6.45) is 3.84. The highest BCUT2D eigenvalue weighted by molar-refractivity contribution is 7.89. The van der Waals surface area contributed by atoms with Crippen LogP contribution in [-0.2, 0) is 26.6 Å². The van der Waals surface area contributed by atoms with E-state index in [4.69, 9.17) is 4.74 Å². The second-order valence-electron chi connectivity index (χ2n) is 6.16. The average Bonchev–Trinajstić information content (AvgIpc) is 2.94. The number of nitrogens with zero attached hydrogens (tertiary/aromatic N) is 3. The zero-order valence-electron chi connectivity index (χ0n) is 12.7. The summed E-state index contributed by atoms with van der Waals surface area (Å²) in [6, 6.07) is -0.755. The summed E-state index contributed by atoms with van der Waals surface area (Å²) >= 11 is 0. The van der Waals surface area contributed by atoms with Gasteiger partial charge in [-0.3, -0.25) is 9.48 Å². The van der Waals surface area contributed by atoms with Crippen molar-refractivity contribution < 1.29 is 17.9 Å². The molecule has 0 radical (unpaired) electrons. The zero-order chi connectivity index (χ0) is 15.8. The first-order valence-corrected chi connectivity index (χ1v) is 8.28. The Labute approximate surface area is 124 Å². The number of carbonyl (C=O) groups is 1. The molecule has 2 heterocycles. The molecule has 0 aromatic carbocycles. The third-order valence-corrected chi connectivity index (χ3v) is 5.03. The zero-order valence-corrected chi connectivity index (χ0v) is 13.6. The molecule has 0 spiro atoms.